The van der Waals surface area contributed by atoms with Crippen LogP contribution in [-0.2, 0) is 9.53 Å². The number of piperidine rings is 1. The van der Waals surface area contributed by atoms with Gasteiger partial charge in [-0.05, 0) is 45.8 Å². The highest BCUT2D eigenvalue weighted by Crippen LogP contribution is 2.33. The molecule has 134 valence electrons. The van der Waals surface area contributed by atoms with E-state index in [0.717, 1.165) is 58.4 Å². The second kappa shape index (κ2) is 8.97. The molecule has 1 amide bonds. The van der Waals surface area contributed by atoms with E-state index in [2.05, 4.69) is 16.8 Å². The molecule has 2 heterocycles. The molecule has 0 bridgehead atoms. The average Bonchev–Trinajstić information content (AvgIpc) is 2.77. The molecule has 2 rings (SSSR count). The molecule has 2 aliphatic heterocycles. The van der Waals surface area contributed by atoms with Crippen LogP contribution in [0, 0.1) is 5.41 Å². The van der Waals surface area contributed by atoms with E-state index in [4.69, 9.17) is 4.74 Å². The predicted octanol–water partition coefficient (Wildman–Crippen LogP) is 0.262. The highest BCUT2D eigenvalue weighted by atomic mass is 16.5. The Morgan fingerprint density at radius 3 is 2.74 bits per heavy atom. The van der Waals surface area contributed by atoms with Gasteiger partial charge in [0.2, 0.25) is 5.91 Å². The summed E-state index contributed by atoms with van der Waals surface area (Å²) in [6.07, 6.45) is 3.89. The summed E-state index contributed by atoms with van der Waals surface area (Å²) >= 11 is 0. The topological polar surface area (TPSA) is 56.3 Å². The summed E-state index contributed by atoms with van der Waals surface area (Å²) < 4.78 is 5.19. The molecule has 2 aliphatic rings. The summed E-state index contributed by atoms with van der Waals surface area (Å²) in [7, 11) is 3.83. The second-order valence-corrected chi connectivity index (χ2v) is 7.25. The van der Waals surface area contributed by atoms with Crippen molar-refractivity contribution in [3.05, 3.63) is 0 Å². The van der Waals surface area contributed by atoms with Gasteiger partial charge in [-0.1, -0.05) is 0 Å². The van der Waals surface area contributed by atoms with Crippen LogP contribution in [0.4, 0.5) is 0 Å². The van der Waals surface area contributed by atoms with Crippen molar-refractivity contribution in [2.75, 3.05) is 73.2 Å². The van der Waals surface area contributed by atoms with E-state index in [0.29, 0.717) is 19.7 Å². The number of amides is 1. The van der Waals surface area contributed by atoms with E-state index in [1.54, 1.807) is 7.11 Å². The molecule has 0 unspecified atom stereocenters. The Kier molecular flexibility index (Phi) is 7.27. The number of ether oxygens (including phenoxy) is 1. The molecule has 0 aromatic heterocycles. The van der Waals surface area contributed by atoms with Gasteiger partial charge in [-0.15, -0.1) is 0 Å². The smallest absolute Gasteiger partial charge is 0.236 e. The lowest BCUT2D eigenvalue weighted by Gasteiger charge is -2.42. The normalized spacial score (nSPS) is 27.9. The van der Waals surface area contributed by atoms with Gasteiger partial charge in [0.1, 0.15) is 0 Å². The third-order valence-corrected chi connectivity index (χ3v) is 5.36. The van der Waals surface area contributed by atoms with Crippen LogP contribution in [0.3, 0.4) is 0 Å². The van der Waals surface area contributed by atoms with Crippen LogP contribution in [0.25, 0.3) is 0 Å². The molecule has 0 radical (unpaired) electrons. The number of nitrogens with zero attached hydrogens (tertiary/aromatic N) is 3. The molecule has 23 heavy (non-hydrogen) atoms. The molecule has 0 aromatic rings. The molecule has 0 aliphatic carbocycles. The quantitative estimate of drug-likeness (QED) is 0.758. The Morgan fingerprint density at radius 1 is 1.17 bits per heavy atom. The fraction of sp³-hybridized carbons (Fsp3) is 0.941. The zero-order valence-electron chi connectivity index (χ0n) is 14.8. The fourth-order valence-electron chi connectivity index (χ4n) is 3.70. The fourth-order valence-corrected chi connectivity index (χ4v) is 3.70. The number of carbonyl (C=O) groups is 1. The molecule has 2 saturated heterocycles. The van der Waals surface area contributed by atoms with Gasteiger partial charge >= 0.3 is 0 Å². The van der Waals surface area contributed by atoms with Crippen LogP contribution in [-0.4, -0.2) is 98.9 Å². The van der Waals surface area contributed by atoms with Crippen molar-refractivity contribution >= 4 is 5.91 Å². The van der Waals surface area contributed by atoms with Gasteiger partial charge in [0, 0.05) is 45.3 Å². The number of aliphatic hydroxyl groups excluding tert-OH is 1. The van der Waals surface area contributed by atoms with Crippen molar-refractivity contribution < 1.29 is 14.6 Å². The minimum atomic E-state index is -0.178. The first kappa shape index (κ1) is 18.6. The summed E-state index contributed by atoms with van der Waals surface area (Å²) in [5.74, 6) is 0.212. The lowest BCUT2D eigenvalue weighted by Crippen LogP contribution is -2.51. The van der Waals surface area contributed by atoms with Crippen LogP contribution in [0.5, 0.6) is 0 Å². The van der Waals surface area contributed by atoms with Gasteiger partial charge < -0.3 is 19.6 Å². The van der Waals surface area contributed by atoms with E-state index in [1.807, 2.05) is 4.90 Å². The van der Waals surface area contributed by atoms with Gasteiger partial charge in [0.05, 0.1) is 13.2 Å². The molecule has 6 heteroatoms. The van der Waals surface area contributed by atoms with Crippen LogP contribution in [0.15, 0.2) is 0 Å². The zero-order valence-corrected chi connectivity index (χ0v) is 14.8. The largest absolute Gasteiger partial charge is 0.396 e. The predicted molar refractivity (Wildman–Crippen MR) is 90.4 cm³/mol. The molecule has 6 nitrogen and oxygen atoms in total. The molecular formula is C17H33N3O3. The first-order valence-corrected chi connectivity index (χ1v) is 8.87. The van der Waals surface area contributed by atoms with Crippen LogP contribution < -0.4 is 0 Å². The molecular weight excluding hydrogens is 294 g/mol. The van der Waals surface area contributed by atoms with Crippen molar-refractivity contribution in [1.29, 1.82) is 0 Å². The Hall–Kier alpha value is -0.690. The number of carbonyl (C=O) groups excluding carboxylic acids is 1. The number of aliphatic hydroxyl groups is 1. The van der Waals surface area contributed by atoms with Crippen molar-refractivity contribution in [2.24, 2.45) is 5.41 Å². The van der Waals surface area contributed by atoms with Crippen LogP contribution in [0.1, 0.15) is 25.7 Å². The third-order valence-electron chi connectivity index (χ3n) is 5.36. The van der Waals surface area contributed by atoms with Crippen LogP contribution >= 0.6 is 0 Å². The number of hydrogen-bond donors (Lipinski definition) is 1. The molecule has 2 fully saturated rings. The summed E-state index contributed by atoms with van der Waals surface area (Å²) in [6.45, 7) is 6.88. The van der Waals surface area contributed by atoms with E-state index < -0.39 is 0 Å². The number of likely N-dealkylation sites (tertiary alicyclic amines) is 1. The minimum Gasteiger partial charge on any atom is -0.396 e. The summed E-state index contributed by atoms with van der Waals surface area (Å²) in [5, 5.41) is 9.85. The minimum absolute atomic E-state index is 0.134. The van der Waals surface area contributed by atoms with E-state index >= 15 is 0 Å². The first-order valence-electron chi connectivity index (χ1n) is 8.87. The first-order chi connectivity index (χ1) is 11.1. The van der Waals surface area contributed by atoms with Gasteiger partial charge in [0.25, 0.3) is 0 Å². The summed E-state index contributed by atoms with van der Waals surface area (Å²) in [6, 6.07) is 0. The van der Waals surface area contributed by atoms with Gasteiger partial charge in [-0.3, -0.25) is 9.69 Å². The van der Waals surface area contributed by atoms with Crippen molar-refractivity contribution in [1.82, 2.24) is 14.7 Å². The Morgan fingerprint density at radius 2 is 2.00 bits per heavy atom. The molecule has 0 spiro atoms. The Balaban J connectivity index is 1.88. The van der Waals surface area contributed by atoms with Crippen molar-refractivity contribution in [3.63, 3.8) is 0 Å². The maximum Gasteiger partial charge on any atom is 0.236 e. The van der Waals surface area contributed by atoms with Gasteiger partial charge in [0.15, 0.2) is 0 Å². The number of rotatable bonds is 6. The lowest BCUT2D eigenvalue weighted by molar-refractivity contribution is -0.137. The SMILES string of the molecule is COCC[C@]1(CO)CCCN(C(=O)CN2CCCN(C)CC2)C1. The molecule has 1 N–H and O–H groups in total. The number of hydrogen-bond acceptors (Lipinski definition) is 5. The molecule has 0 saturated carbocycles. The van der Waals surface area contributed by atoms with Gasteiger partial charge in [-0.2, -0.15) is 0 Å². The summed E-state index contributed by atoms with van der Waals surface area (Å²) in [4.78, 5) is 19.3. The van der Waals surface area contributed by atoms with Crippen LogP contribution in [0.2, 0.25) is 0 Å². The zero-order chi connectivity index (χ0) is 16.7. The Bertz CT molecular complexity index is 380. The summed E-state index contributed by atoms with van der Waals surface area (Å²) in [5.41, 5.74) is -0.178. The monoisotopic (exact) mass is 327 g/mol. The van der Waals surface area contributed by atoms with E-state index in [1.165, 1.54) is 0 Å². The molecule has 1 atom stereocenters. The van der Waals surface area contributed by atoms with E-state index in [-0.39, 0.29) is 17.9 Å². The Labute approximate surface area is 140 Å². The van der Waals surface area contributed by atoms with Crippen molar-refractivity contribution in [2.45, 2.75) is 25.7 Å². The maximum absolute atomic E-state index is 12.7. The number of methoxy groups -OCH3 is 1. The standard InChI is InChI=1S/C17H33N3O3/c1-18-7-4-8-19(11-10-18)13-16(22)20-9-3-5-17(14-20,15-21)6-12-23-2/h21H,3-15H2,1-2H3/t17-/m1/s1. The third kappa shape index (κ3) is 5.41. The van der Waals surface area contributed by atoms with E-state index in [9.17, 15) is 9.90 Å². The number of likely N-dealkylation sites (N-methyl/N-ethyl adjacent to an activating group) is 1. The van der Waals surface area contributed by atoms with Gasteiger partial charge in [-0.25, -0.2) is 0 Å². The second-order valence-electron chi connectivity index (χ2n) is 7.25. The van der Waals surface area contributed by atoms with Crippen molar-refractivity contribution in [3.8, 4) is 0 Å². The maximum atomic E-state index is 12.7. The molecule has 0 aromatic carbocycles. The average molecular weight is 327 g/mol. The lowest BCUT2D eigenvalue weighted by atomic mass is 9.78. The highest BCUT2D eigenvalue weighted by Gasteiger charge is 2.36. The highest BCUT2D eigenvalue weighted by molar-refractivity contribution is 5.78.